The Morgan fingerprint density at radius 3 is 2.38 bits per heavy atom. The highest BCUT2D eigenvalue weighted by Gasteiger charge is 2.40. The van der Waals surface area contributed by atoms with Crippen LogP contribution in [0.25, 0.3) is 0 Å². The summed E-state index contributed by atoms with van der Waals surface area (Å²) in [4.78, 5) is 2.50. The Morgan fingerprint density at radius 2 is 1.75 bits per heavy atom. The number of likely N-dealkylation sites (tertiary alicyclic amines) is 1. The minimum Gasteiger partial charge on any atom is -0.388 e. The summed E-state index contributed by atoms with van der Waals surface area (Å²) in [7, 11) is 0. The summed E-state index contributed by atoms with van der Waals surface area (Å²) in [6.07, 6.45) is 5.91. The molecule has 3 aliphatic rings. The van der Waals surface area contributed by atoms with Crippen LogP contribution < -0.4 is 0 Å². The van der Waals surface area contributed by atoms with E-state index >= 15 is 0 Å². The third-order valence-electron chi connectivity index (χ3n) is 4.74. The van der Waals surface area contributed by atoms with Gasteiger partial charge in [0, 0.05) is 45.7 Å². The zero-order chi connectivity index (χ0) is 11.0. The first-order chi connectivity index (χ1) is 7.75. The Morgan fingerprint density at radius 1 is 1.12 bits per heavy atom. The van der Waals surface area contributed by atoms with E-state index in [9.17, 15) is 5.11 Å². The van der Waals surface area contributed by atoms with E-state index < -0.39 is 5.60 Å². The molecule has 1 saturated carbocycles. The molecule has 0 aromatic rings. The monoisotopic (exact) mass is 225 g/mol. The lowest BCUT2D eigenvalue weighted by Gasteiger charge is -2.35. The topological polar surface area (TPSA) is 32.7 Å². The maximum Gasteiger partial charge on any atom is 0.0817 e. The van der Waals surface area contributed by atoms with Crippen LogP contribution in [0.5, 0.6) is 0 Å². The van der Waals surface area contributed by atoms with Gasteiger partial charge in [-0.15, -0.1) is 0 Å². The van der Waals surface area contributed by atoms with E-state index in [1.165, 1.54) is 32.4 Å². The maximum atomic E-state index is 10.5. The maximum absolute atomic E-state index is 10.5. The quantitative estimate of drug-likeness (QED) is 0.768. The molecule has 92 valence electrons. The van der Waals surface area contributed by atoms with Gasteiger partial charge < -0.3 is 9.84 Å². The summed E-state index contributed by atoms with van der Waals surface area (Å²) in [5, 5.41) is 10.5. The molecule has 3 rings (SSSR count). The molecule has 16 heavy (non-hydrogen) atoms. The molecule has 0 amide bonds. The second-order valence-electron chi connectivity index (χ2n) is 5.98. The normalized spacial score (nSPS) is 38.8. The average molecular weight is 225 g/mol. The van der Waals surface area contributed by atoms with Crippen molar-refractivity contribution in [2.75, 3.05) is 32.8 Å². The van der Waals surface area contributed by atoms with Crippen LogP contribution in [-0.2, 0) is 4.74 Å². The van der Waals surface area contributed by atoms with Crippen LogP contribution in [0.2, 0.25) is 0 Å². The molecule has 0 spiro atoms. The molecular formula is C13H23NO2. The molecule has 0 radical (unpaired) electrons. The zero-order valence-corrected chi connectivity index (χ0v) is 10.0. The van der Waals surface area contributed by atoms with Crippen molar-refractivity contribution >= 4 is 0 Å². The Labute approximate surface area is 97.8 Å². The standard InChI is InChI=1S/C13H23NO2/c15-13(4-6-16-7-5-13)10-14-8-11-2-1-3-12(11)9-14/h11-12,15H,1-10H2. The predicted molar refractivity (Wildman–Crippen MR) is 62.3 cm³/mol. The lowest BCUT2D eigenvalue weighted by atomic mass is 9.94. The number of fused-ring (bicyclic) bond motifs is 1. The highest BCUT2D eigenvalue weighted by atomic mass is 16.5. The molecule has 1 N–H and O–H groups in total. The van der Waals surface area contributed by atoms with Gasteiger partial charge in [-0.1, -0.05) is 6.42 Å². The minimum absolute atomic E-state index is 0.461. The van der Waals surface area contributed by atoms with Crippen LogP contribution in [0.1, 0.15) is 32.1 Å². The third kappa shape index (κ3) is 2.13. The van der Waals surface area contributed by atoms with Gasteiger partial charge in [-0.05, 0) is 24.7 Å². The zero-order valence-electron chi connectivity index (χ0n) is 10.0. The van der Waals surface area contributed by atoms with Crippen molar-refractivity contribution in [3.63, 3.8) is 0 Å². The molecular weight excluding hydrogens is 202 g/mol. The predicted octanol–water partition coefficient (Wildman–Crippen LogP) is 1.26. The molecule has 3 fully saturated rings. The van der Waals surface area contributed by atoms with Crippen LogP contribution in [0.3, 0.4) is 0 Å². The fourth-order valence-corrected chi connectivity index (χ4v) is 3.79. The molecule has 1 aliphatic carbocycles. The fraction of sp³-hybridized carbons (Fsp3) is 1.00. The molecule has 2 atom stereocenters. The fourth-order valence-electron chi connectivity index (χ4n) is 3.79. The SMILES string of the molecule is OC1(CN2CC3CCCC3C2)CCOCC1. The van der Waals surface area contributed by atoms with Gasteiger partial charge >= 0.3 is 0 Å². The van der Waals surface area contributed by atoms with E-state index in [0.29, 0.717) is 0 Å². The van der Waals surface area contributed by atoms with Crippen molar-refractivity contribution in [3.8, 4) is 0 Å². The van der Waals surface area contributed by atoms with Gasteiger partial charge in [-0.3, -0.25) is 4.90 Å². The molecule has 2 heterocycles. The molecule has 0 bridgehead atoms. The number of hydrogen-bond acceptors (Lipinski definition) is 3. The Kier molecular flexibility index (Phi) is 2.94. The largest absolute Gasteiger partial charge is 0.388 e. The van der Waals surface area contributed by atoms with Crippen molar-refractivity contribution < 1.29 is 9.84 Å². The lowest BCUT2D eigenvalue weighted by Crippen LogP contribution is -2.46. The van der Waals surface area contributed by atoms with E-state index in [-0.39, 0.29) is 0 Å². The van der Waals surface area contributed by atoms with E-state index in [0.717, 1.165) is 44.4 Å². The van der Waals surface area contributed by atoms with Crippen LogP contribution in [-0.4, -0.2) is 48.5 Å². The van der Waals surface area contributed by atoms with Gasteiger partial charge in [-0.2, -0.15) is 0 Å². The van der Waals surface area contributed by atoms with Gasteiger partial charge in [0.2, 0.25) is 0 Å². The van der Waals surface area contributed by atoms with Crippen molar-refractivity contribution in [1.29, 1.82) is 0 Å². The molecule has 2 aliphatic heterocycles. The smallest absolute Gasteiger partial charge is 0.0817 e. The minimum atomic E-state index is -0.461. The van der Waals surface area contributed by atoms with Gasteiger partial charge in [0.05, 0.1) is 5.60 Å². The van der Waals surface area contributed by atoms with Gasteiger partial charge in [0.15, 0.2) is 0 Å². The van der Waals surface area contributed by atoms with Crippen LogP contribution in [0, 0.1) is 11.8 Å². The van der Waals surface area contributed by atoms with Crippen molar-refractivity contribution in [1.82, 2.24) is 4.90 Å². The van der Waals surface area contributed by atoms with Crippen molar-refractivity contribution in [2.45, 2.75) is 37.7 Å². The van der Waals surface area contributed by atoms with Crippen LogP contribution in [0.15, 0.2) is 0 Å². The average Bonchev–Trinajstić information content (AvgIpc) is 2.78. The first-order valence-corrected chi connectivity index (χ1v) is 6.78. The van der Waals surface area contributed by atoms with Crippen LogP contribution in [0.4, 0.5) is 0 Å². The molecule has 2 unspecified atom stereocenters. The third-order valence-corrected chi connectivity index (χ3v) is 4.74. The molecule has 0 aromatic heterocycles. The number of β-amino-alcohol motifs (C(OH)–C–C–N with tert-alkyl or cyclic N) is 1. The Hall–Kier alpha value is -0.120. The first kappa shape index (κ1) is 11.0. The second-order valence-corrected chi connectivity index (χ2v) is 5.98. The number of aliphatic hydroxyl groups is 1. The molecule has 3 nitrogen and oxygen atoms in total. The summed E-state index contributed by atoms with van der Waals surface area (Å²) < 4.78 is 5.33. The highest BCUT2D eigenvalue weighted by molar-refractivity contribution is 4.93. The van der Waals surface area contributed by atoms with Gasteiger partial charge in [0.1, 0.15) is 0 Å². The summed E-state index contributed by atoms with van der Waals surface area (Å²) in [6.45, 7) is 4.80. The summed E-state index contributed by atoms with van der Waals surface area (Å²) in [5.74, 6) is 1.87. The van der Waals surface area contributed by atoms with Crippen molar-refractivity contribution in [2.24, 2.45) is 11.8 Å². The molecule has 2 saturated heterocycles. The highest BCUT2D eigenvalue weighted by Crippen LogP contribution is 2.38. The number of nitrogens with zero attached hydrogens (tertiary/aromatic N) is 1. The first-order valence-electron chi connectivity index (χ1n) is 6.78. The summed E-state index contributed by atoms with van der Waals surface area (Å²) in [5.41, 5.74) is -0.461. The molecule has 0 aromatic carbocycles. The second kappa shape index (κ2) is 4.28. The van der Waals surface area contributed by atoms with Crippen LogP contribution >= 0.6 is 0 Å². The van der Waals surface area contributed by atoms with E-state index in [1.54, 1.807) is 0 Å². The number of hydrogen-bond donors (Lipinski definition) is 1. The lowest BCUT2D eigenvalue weighted by molar-refractivity contribution is -0.0779. The van der Waals surface area contributed by atoms with Gasteiger partial charge in [-0.25, -0.2) is 0 Å². The summed E-state index contributed by atoms with van der Waals surface area (Å²) in [6, 6.07) is 0. The Balaban J connectivity index is 1.55. The molecule has 3 heteroatoms. The Bertz CT molecular complexity index is 238. The van der Waals surface area contributed by atoms with Crippen molar-refractivity contribution in [3.05, 3.63) is 0 Å². The summed E-state index contributed by atoms with van der Waals surface area (Å²) >= 11 is 0. The van der Waals surface area contributed by atoms with E-state index in [4.69, 9.17) is 4.74 Å². The number of rotatable bonds is 2. The van der Waals surface area contributed by atoms with E-state index in [1.807, 2.05) is 0 Å². The van der Waals surface area contributed by atoms with Gasteiger partial charge in [0.25, 0.3) is 0 Å². The number of ether oxygens (including phenoxy) is 1. The van der Waals surface area contributed by atoms with E-state index in [2.05, 4.69) is 4.90 Å².